The Labute approximate surface area is 331 Å². The summed E-state index contributed by atoms with van der Waals surface area (Å²) in [4.78, 5) is 71.7. The zero-order valence-electron chi connectivity index (χ0n) is 32.4. The van der Waals surface area contributed by atoms with Crippen LogP contribution >= 0.6 is 0 Å². The average Bonchev–Trinajstić information content (AvgIpc) is 3.94. The zero-order valence-corrected chi connectivity index (χ0v) is 32.4. The van der Waals surface area contributed by atoms with Crippen molar-refractivity contribution in [2.24, 2.45) is 5.92 Å². The number of H-pyrrole nitrogens is 1. The molecule has 2 unspecified atom stereocenters. The fourth-order valence-corrected chi connectivity index (χ4v) is 7.38. The van der Waals surface area contributed by atoms with E-state index in [1.165, 1.54) is 14.2 Å². The number of benzene rings is 3. The smallest absolute Gasteiger partial charge is 0.407 e. The lowest BCUT2D eigenvalue weighted by molar-refractivity contribution is -0.141. The molecular formula is C42H51N7O8. The van der Waals surface area contributed by atoms with Crippen LogP contribution in [0.4, 0.5) is 9.59 Å². The van der Waals surface area contributed by atoms with Gasteiger partial charge in [-0.05, 0) is 84.0 Å². The van der Waals surface area contributed by atoms with Crippen LogP contribution in [0.5, 0.6) is 0 Å². The summed E-state index contributed by atoms with van der Waals surface area (Å²) in [7, 11) is 2.52. The minimum absolute atomic E-state index is 0.0899. The van der Waals surface area contributed by atoms with E-state index in [9.17, 15) is 24.0 Å². The van der Waals surface area contributed by atoms with Crippen LogP contribution in [0, 0.1) is 5.92 Å². The van der Waals surface area contributed by atoms with Gasteiger partial charge >= 0.3 is 12.2 Å². The summed E-state index contributed by atoms with van der Waals surface area (Å²) in [6.07, 6.45) is 5.45. The molecule has 2 atom stereocenters. The molecule has 2 aliphatic rings. The van der Waals surface area contributed by atoms with E-state index >= 15 is 0 Å². The maximum atomic E-state index is 13.7. The Bertz CT molecular complexity index is 2030. The molecule has 15 nitrogen and oxygen atoms in total. The molecule has 0 bridgehead atoms. The summed E-state index contributed by atoms with van der Waals surface area (Å²) in [5.74, 6) is 0.0574. The summed E-state index contributed by atoms with van der Waals surface area (Å²) in [5.41, 5.74) is 5.04. The number of imidazole rings is 1. The number of methoxy groups -OCH3 is 2. The van der Waals surface area contributed by atoms with E-state index in [4.69, 9.17) is 9.47 Å². The van der Waals surface area contributed by atoms with Crippen molar-refractivity contribution in [3.05, 3.63) is 78.2 Å². The molecule has 3 aromatic carbocycles. The highest BCUT2D eigenvalue weighted by atomic mass is 16.5. The van der Waals surface area contributed by atoms with Gasteiger partial charge < -0.3 is 45.4 Å². The molecule has 302 valence electrons. The first-order valence-electron chi connectivity index (χ1n) is 19.5. The highest BCUT2D eigenvalue weighted by Crippen LogP contribution is 2.29. The number of hydrogen-bond donors (Lipinski definition) is 5. The zero-order chi connectivity index (χ0) is 40.1. The van der Waals surface area contributed by atoms with Crippen molar-refractivity contribution < 1.29 is 38.2 Å². The number of carbonyl (C=O) groups excluding carboxylic acids is 5. The Morgan fingerprint density at radius 3 is 2.28 bits per heavy atom. The Balaban J connectivity index is 0.990. The number of nitrogens with one attached hydrogen (secondary N) is 5. The molecule has 4 aromatic rings. The van der Waals surface area contributed by atoms with Crippen LogP contribution in [-0.4, -0.2) is 104 Å². The predicted octanol–water partition coefficient (Wildman–Crippen LogP) is 4.45. The summed E-state index contributed by atoms with van der Waals surface area (Å²) in [6.45, 7) is 2.21. The lowest BCUT2D eigenvalue weighted by atomic mass is 9.90. The first-order chi connectivity index (χ1) is 27.7. The van der Waals surface area contributed by atoms with E-state index in [0.29, 0.717) is 58.5 Å². The van der Waals surface area contributed by atoms with Crippen LogP contribution in [-0.2, 0) is 41.6 Å². The molecule has 15 heteroatoms. The number of unbranched alkanes of at least 4 members (excludes halogenated alkanes) is 1. The molecule has 2 aliphatic heterocycles. The molecule has 3 heterocycles. The third-order valence-corrected chi connectivity index (χ3v) is 10.6. The first-order valence-corrected chi connectivity index (χ1v) is 19.5. The largest absolute Gasteiger partial charge is 0.453 e. The fourth-order valence-electron chi connectivity index (χ4n) is 7.38. The number of aryl methyl sites for hydroxylation is 1. The average molecular weight is 782 g/mol. The maximum absolute atomic E-state index is 13.7. The molecule has 5 N–H and O–H groups in total. The standard InChI is InChI=1S/C42H51N7O8/c1-55-41(53)46-26-37(50)43-18-4-3-7-36-44-25-34(47-36)33-15-14-31-22-30(12-13-32(31)23-33)28-10-8-27(9-11-28)24-45-39(51)35-6-5-19-49(35)40(52)38(48-42(54)56-2)29-16-20-57-21-17-29/h8-15,22-23,25,29,35,38H,3-7,16-21,24,26H2,1-2H3,(H,43,50)(H,44,47)(H,45,51)(H,46,53)(H,48,54). The van der Waals surface area contributed by atoms with Crippen molar-refractivity contribution in [2.75, 3.05) is 47.1 Å². The third kappa shape index (κ3) is 10.9. The van der Waals surface area contributed by atoms with E-state index < -0.39 is 24.3 Å². The number of nitrogens with zero attached hydrogens (tertiary/aromatic N) is 2. The minimum Gasteiger partial charge on any atom is -0.453 e. The van der Waals surface area contributed by atoms with Gasteiger partial charge in [-0.1, -0.05) is 48.5 Å². The number of alkyl carbamates (subject to hydrolysis) is 2. The number of hydrogen-bond acceptors (Lipinski definition) is 9. The van der Waals surface area contributed by atoms with Gasteiger partial charge in [0.2, 0.25) is 17.7 Å². The summed E-state index contributed by atoms with van der Waals surface area (Å²) in [5, 5.41) is 13.1. The number of likely N-dealkylation sites (tertiary alicyclic amines) is 1. The van der Waals surface area contributed by atoms with E-state index in [0.717, 1.165) is 63.8 Å². The van der Waals surface area contributed by atoms with Crippen molar-refractivity contribution in [3.63, 3.8) is 0 Å². The Hall–Kier alpha value is -5.96. The van der Waals surface area contributed by atoms with Crippen molar-refractivity contribution in [2.45, 2.75) is 63.6 Å². The number of fused-ring (bicyclic) bond motifs is 1. The van der Waals surface area contributed by atoms with Gasteiger partial charge in [0, 0.05) is 44.8 Å². The molecule has 57 heavy (non-hydrogen) atoms. The van der Waals surface area contributed by atoms with Gasteiger partial charge in [0.05, 0.1) is 32.7 Å². The maximum Gasteiger partial charge on any atom is 0.407 e. The van der Waals surface area contributed by atoms with Crippen LogP contribution in [0.3, 0.4) is 0 Å². The summed E-state index contributed by atoms with van der Waals surface area (Å²) >= 11 is 0. The van der Waals surface area contributed by atoms with Gasteiger partial charge in [0.25, 0.3) is 0 Å². The van der Waals surface area contributed by atoms with Crippen molar-refractivity contribution in [3.8, 4) is 22.4 Å². The third-order valence-electron chi connectivity index (χ3n) is 10.6. The SMILES string of the molecule is COC(=O)NCC(=O)NCCCCc1ncc(-c2ccc3cc(-c4ccc(CNC(=O)C5CCCN5C(=O)C(NC(=O)OC)C5CCOCC5)cc4)ccc3c2)[nH]1. The summed E-state index contributed by atoms with van der Waals surface area (Å²) < 4.78 is 14.7. The van der Waals surface area contributed by atoms with Crippen LogP contribution in [0.2, 0.25) is 0 Å². The van der Waals surface area contributed by atoms with Crippen LogP contribution in [0.25, 0.3) is 33.2 Å². The normalized spacial score (nSPS) is 16.1. The number of rotatable bonds is 15. The molecule has 2 saturated heterocycles. The van der Waals surface area contributed by atoms with Crippen LogP contribution < -0.4 is 21.3 Å². The first kappa shape index (κ1) is 40.7. The molecule has 5 amide bonds. The van der Waals surface area contributed by atoms with Crippen molar-refractivity contribution >= 4 is 40.7 Å². The summed E-state index contributed by atoms with van der Waals surface area (Å²) in [6, 6.07) is 19.4. The van der Waals surface area contributed by atoms with E-state index in [1.807, 2.05) is 30.5 Å². The van der Waals surface area contributed by atoms with Gasteiger partial charge in [0.1, 0.15) is 17.9 Å². The predicted molar refractivity (Wildman–Crippen MR) is 213 cm³/mol. The second kappa shape index (κ2) is 19.8. The minimum atomic E-state index is -0.771. The topological polar surface area (TPSA) is 193 Å². The molecule has 6 rings (SSSR count). The molecule has 2 fully saturated rings. The Kier molecular flexibility index (Phi) is 14.1. The lowest BCUT2D eigenvalue weighted by Gasteiger charge is -2.34. The number of aromatic amines is 1. The highest BCUT2D eigenvalue weighted by molar-refractivity contribution is 5.92. The quantitative estimate of drug-likeness (QED) is 0.108. The van der Waals surface area contributed by atoms with Crippen molar-refractivity contribution in [1.82, 2.24) is 36.1 Å². The molecule has 1 aromatic heterocycles. The molecule has 0 aliphatic carbocycles. The lowest BCUT2D eigenvalue weighted by Crippen LogP contribution is -2.56. The van der Waals surface area contributed by atoms with Crippen LogP contribution in [0.15, 0.2) is 66.9 Å². The van der Waals surface area contributed by atoms with Gasteiger partial charge in [-0.2, -0.15) is 0 Å². The number of carbonyl (C=O) groups is 5. The van der Waals surface area contributed by atoms with E-state index in [-0.39, 0.29) is 30.2 Å². The number of amides is 5. The van der Waals surface area contributed by atoms with Crippen molar-refractivity contribution in [1.29, 1.82) is 0 Å². The number of ether oxygens (including phenoxy) is 3. The molecule has 0 spiro atoms. The fraction of sp³-hybridized carbons (Fsp3) is 0.429. The van der Waals surface area contributed by atoms with E-state index in [2.05, 4.69) is 72.4 Å². The van der Waals surface area contributed by atoms with Gasteiger partial charge in [-0.15, -0.1) is 0 Å². The Morgan fingerprint density at radius 2 is 1.54 bits per heavy atom. The van der Waals surface area contributed by atoms with Gasteiger partial charge in [0.15, 0.2) is 0 Å². The molecular weight excluding hydrogens is 731 g/mol. The number of aromatic nitrogens is 2. The van der Waals surface area contributed by atoms with Gasteiger partial charge in [-0.25, -0.2) is 14.6 Å². The molecule has 0 saturated carbocycles. The molecule has 0 radical (unpaired) electrons. The van der Waals surface area contributed by atoms with Gasteiger partial charge in [-0.3, -0.25) is 14.4 Å². The highest BCUT2D eigenvalue weighted by Gasteiger charge is 2.41. The second-order valence-electron chi connectivity index (χ2n) is 14.3. The monoisotopic (exact) mass is 781 g/mol. The Morgan fingerprint density at radius 1 is 0.842 bits per heavy atom. The van der Waals surface area contributed by atoms with E-state index in [1.54, 1.807) is 4.90 Å². The van der Waals surface area contributed by atoms with Crippen LogP contribution in [0.1, 0.15) is 49.9 Å². The second-order valence-corrected chi connectivity index (χ2v) is 14.3.